The molecule has 0 atom stereocenters. The van der Waals surface area contributed by atoms with E-state index in [4.69, 9.17) is 0 Å². The Balaban J connectivity index is 1.53. The van der Waals surface area contributed by atoms with E-state index in [1.165, 1.54) is 30.6 Å². The predicted molar refractivity (Wildman–Crippen MR) is 118 cm³/mol. The number of alkyl halides is 1. The zero-order valence-electron chi connectivity index (χ0n) is 18.0. The van der Waals surface area contributed by atoms with Crippen molar-refractivity contribution in [1.29, 1.82) is 0 Å². The average Bonchev–Trinajstić information content (AvgIpc) is 3.18. The summed E-state index contributed by atoms with van der Waals surface area (Å²) in [5, 5.41) is 4.71. The predicted octanol–water partition coefficient (Wildman–Crippen LogP) is 4.89. The fraction of sp³-hybridized carbons (Fsp3) is 0.333. The van der Waals surface area contributed by atoms with Crippen LogP contribution in [0.2, 0.25) is 0 Å². The van der Waals surface area contributed by atoms with Gasteiger partial charge in [-0.3, -0.25) is 9.78 Å². The van der Waals surface area contributed by atoms with Gasteiger partial charge in [0.05, 0.1) is 18.4 Å². The second kappa shape index (κ2) is 8.13. The van der Waals surface area contributed by atoms with Gasteiger partial charge in [-0.25, -0.2) is 22.8 Å². The van der Waals surface area contributed by atoms with Crippen LogP contribution in [0.1, 0.15) is 50.0 Å². The molecule has 6 nitrogen and oxygen atoms in total. The van der Waals surface area contributed by atoms with Crippen molar-refractivity contribution < 1.29 is 13.2 Å². The first-order chi connectivity index (χ1) is 15.8. The second-order valence-electron chi connectivity index (χ2n) is 8.85. The third kappa shape index (κ3) is 4.27. The first-order valence-corrected chi connectivity index (χ1v) is 10.8. The lowest BCUT2D eigenvalue weighted by Gasteiger charge is -2.31. The van der Waals surface area contributed by atoms with Crippen molar-refractivity contribution in [2.45, 2.75) is 50.7 Å². The van der Waals surface area contributed by atoms with Gasteiger partial charge >= 0.3 is 0 Å². The van der Waals surface area contributed by atoms with Crippen LogP contribution >= 0.6 is 0 Å². The molecule has 4 aromatic rings. The molecule has 0 amide bonds. The zero-order chi connectivity index (χ0) is 23.2. The van der Waals surface area contributed by atoms with Gasteiger partial charge in [0.15, 0.2) is 5.65 Å². The summed E-state index contributed by atoms with van der Waals surface area (Å²) in [5.41, 5.74) is 0.505. The Bertz CT molecular complexity index is 1380. The van der Waals surface area contributed by atoms with E-state index in [0.717, 1.165) is 6.20 Å². The Morgan fingerprint density at radius 2 is 1.91 bits per heavy atom. The van der Waals surface area contributed by atoms with E-state index in [1.807, 2.05) is 0 Å². The topological polar surface area (TPSA) is 76.5 Å². The van der Waals surface area contributed by atoms with Crippen LogP contribution in [0.25, 0.3) is 22.2 Å². The van der Waals surface area contributed by atoms with Crippen molar-refractivity contribution in [2.75, 3.05) is 0 Å². The average molecular weight is 453 g/mol. The number of rotatable bonds is 4. The first kappa shape index (κ1) is 21.4. The van der Waals surface area contributed by atoms with E-state index in [-0.39, 0.29) is 18.0 Å². The number of nitrogens with zero attached hydrogens (tertiary/aromatic N) is 4. The SMILES string of the molecule is CC1(F)CCC(n2ncc3c(=O)[nH]c(Cc4cc(F)ccc4-c4cncc(F)c4)nc32)CC1. The van der Waals surface area contributed by atoms with Crippen molar-refractivity contribution >= 4 is 11.0 Å². The third-order valence-electron chi connectivity index (χ3n) is 6.30. The van der Waals surface area contributed by atoms with Crippen molar-refractivity contribution in [3.63, 3.8) is 0 Å². The monoisotopic (exact) mass is 453 g/mol. The van der Waals surface area contributed by atoms with E-state index in [1.54, 1.807) is 17.7 Å². The van der Waals surface area contributed by atoms with E-state index in [9.17, 15) is 18.0 Å². The molecule has 9 heteroatoms. The van der Waals surface area contributed by atoms with E-state index in [2.05, 4.69) is 20.1 Å². The highest BCUT2D eigenvalue weighted by molar-refractivity contribution is 5.73. The summed E-state index contributed by atoms with van der Waals surface area (Å²) in [5.74, 6) is -0.629. The Kier molecular flexibility index (Phi) is 5.26. The largest absolute Gasteiger partial charge is 0.310 e. The summed E-state index contributed by atoms with van der Waals surface area (Å²) in [6.07, 6.45) is 6.23. The molecule has 3 heterocycles. The first-order valence-electron chi connectivity index (χ1n) is 10.8. The molecule has 1 aromatic carbocycles. The molecule has 0 aliphatic heterocycles. The Labute approximate surface area is 187 Å². The van der Waals surface area contributed by atoms with Crippen LogP contribution in [-0.2, 0) is 6.42 Å². The summed E-state index contributed by atoms with van der Waals surface area (Å²) in [7, 11) is 0. The molecule has 33 heavy (non-hydrogen) atoms. The maximum absolute atomic E-state index is 14.2. The Hall–Kier alpha value is -3.49. The van der Waals surface area contributed by atoms with E-state index < -0.39 is 17.3 Å². The number of aromatic amines is 1. The molecule has 1 aliphatic rings. The van der Waals surface area contributed by atoms with Crippen LogP contribution in [0.3, 0.4) is 0 Å². The number of benzene rings is 1. The number of aromatic nitrogens is 5. The molecule has 1 N–H and O–H groups in total. The molecule has 0 spiro atoms. The molecule has 0 saturated heterocycles. The lowest BCUT2D eigenvalue weighted by atomic mass is 9.85. The molecule has 3 aromatic heterocycles. The second-order valence-corrected chi connectivity index (χ2v) is 8.85. The van der Waals surface area contributed by atoms with Crippen molar-refractivity contribution in [1.82, 2.24) is 24.7 Å². The molecule has 170 valence electrons. The number of nitrogens with one attached hydrogen (secondary N) is 1. The maximum atomic E-state index is 14.2. The minimum absolute atomic E-state index is 0.0448. The van der Waals surface area contributed by atoms with Gasteiger partial charge in [0.1, 0.15) is 28.5 Å². The van der Waals surface area contributed by atoms with Crippen LogP contribution in [0, 0.1) is 11.6 Å². The van der Waals surface area contributed by atoms with Gasteiger partial charge in [-0.05, 0) is 61.9 Å². The van der Waals surface area contributed by atoms with Crippen LogP contribution in [0.4, 0.5) is 13.2 Å². The van der Waals surface area contributed by atoms with E-state index >= 15 is 0 Å². The normalized spacial score (nSPS) is 20.9. The molecule has 1 aliphatic carbocycles. The number of H-pyrrole nitrogens is 1. The Morgan fingerprint density at radius 3 is 2.67 bits per heavy atom. The highest BCUT2D eigenvalue weighted by atomic mass is 19.1. The molecule has 5 rings (SSSR count). The van der Waals surface area contributed by atoms with Crippen LogP contribution < -0.4 is 5.56 Å². The fourth-order valence-electron chi connectivity index (χ4n) is 4.51. The van der Waals surface area contributed by atoms with Gasteiger partial charge in [0.2, 0.25) is 0 Å². The molecular weight excluding hydrogens is 431 g/mol. The van der Waals surface area contributed by atoms with Crippen LogP contribution in [0.15, 0.2) is 47.7 Å². The molecule has 1 fully saturated rings. The van der Waals surface area contributed by atoms with Gasteiger partial charge in [0, 0.05) is 18.2 Å². The van der Waals surface area contributed by atoms with Gasteiger partial charge in [-0.1, -0.05) is 6.07 Å². The molecular formula is C24H22F3N5O. The van der Waals surface area contributed by atoms with Gasteiger partial charge in [-0.15, -0.1) is 0 Å². The fourth-order valence-corrected chi connectivity index (χ4v) is 4.51. The number of halogens is 3. The van der Waals surface area contributed by atoms with Crippen LogP contribution in [-0.4, -0.2) is 30.4 Å². The van der Waals surface area contributed by atoms with E-state index in [0.29, 0.717) is 59.2 Å². The summed E-state index contributed by atoms with van der Waals surface area (Å²) in [6, 6.07) is 5.46. The minimum Gasteiger partial charge on any atom is -0.310 e. The standard InChI is InChI=1S/C24H22F3N5O/c1-24(27)6-4-18(5-7-24)32-22-20(13-29-32)23(33)31-21(30-22)10-14-8-16(25)2-3-19(14)15-9-17(26)12-28-11-15/h2-3,8-9,11-13,18H,4-7,10H2,1H3,(H,30,31,33). The quantitative estimate of drug-likeness (QED) is 0.477. The number of hydrogen-bond donors (Lipinski definition) is 1. The van der Waals surface area contributed by atoms with Crippen molar-refractivity contribution in [2.24, 2.45) is 0 Å². The third-order valence-corrected chi connectivity index (χ3v) is 6.30. The number of fused-ring (bicyclic) bond motifs is 1. The lowest BCUT2D eigenvalue weighted by Crippen LogP contribution is -2.28. The molecule has 0 unspecified atom stereocenters. The number of hydrogen-bond acceptors (Lipinski definition) is 4. The highest BCUT2D eigenvalue weighted by Crippen LogP contribution is 2.37. The summed E-state index contributed by atoms with van der Waals surface area (Å²) in [4.78, 5) is 24.0. The molecule has 0 bridgehead atoms. The van der Waals surface area contributed by atoms with Crippen molar-refractivity contribution in [3.8, 4) is 11.1 Å². The molecule has 1 saturated carbocycles. The Morgan fingerprint density at radius 1 is 1.12 bits per heavy atom. The van der Waals surface area contributed by atoms with Gasteiger partial charge in [0.25, 0.3) is 5.56 Å². The molecule has 0 radical (unpaired) electrons. The van der Waals surface area contributed by atoms with Gasteiger partial charge in [-0.2, -0.15) is 5.10 Å². The maximum Gasteiger partial charge on any atom is 0.262 e. The number of pyridine rings is 1. The van der Waals surface area contributed by atoms with Crippen LogP contribution in [0.5, 0.6) is 0 Å². The minimum atomic E-state index is -1.19. The summed E-state index contributed by atoms with van der Waals surface area (Å²) < 4.78 is 43.7. The lowest BCUT2D eigenvalue weighted by molar-refractivity contribution is 0.103. The highest BCUT2D eigenvalue weighted by Gasteiger charge is 2.32. The summed E-state index contributed by atoms with van der Waals surface area (Å²) in [6.45, 7) is 1.61. The smallest absolute Gasteiger partial charge is 0.262 e. The van der Waals surface area contributed by atoms with Crippen molar-refractivity contribution in [3.05, 3.63) is 76.2 Å². The zero-order valence-corrected chi connectivity index (χ0v) is 18.0. The summed E-state index contributed by atoms with van der Waals surface area (Å²) >= 11 is 0. The van der Waals surface area contributed by atoms with Gasteiger partial charge < -0.3 is 4.98 Å².